The van der Waals surface area contributed by atoms with E-state index in [1.54, 1.807) is 7.11 Å². The van der Waals surface area contributed by atoms with Gasteiger partial charge in [-0.15, -0.1) is 0 Å². The zero-order valence-electron chi connectivity index (χ0n) is 12.3. The van der Waals surface area contributed by atoms with Crippen molar-refractivity contribution >= 4 is 0 Å². The number of aryl methyl sites for hydroxylation is 2. The highest BCUT2D eigenvalue weighted by Gasteiger charge is 2.13. The second-order valence-electron chi connectivity index (χ2n) is 4.79. The molecule has 1 heterocycles. The summed E-state index contributed by atoms with van der Waals surface area (Å²) < 4.78 is 7.15. The van der Waals surface area contributed by atoms with Crippen molar-refractivity contribution in [2.45, 2.75) is 39.3 Å². The Morgan fingerprint density at radius 1 is 1.30 bits per heavy atom. The molecule has 1 aromatic heterocycles. The van der Waals surface area contributed by atoms with E-state index in [0.29, 0.717) is 6.42 Å². The van der Waals surface area contributed by atoms with Crippen molar-refractivity contribution in [3.05, 3.63) is 47.3 Å². The third-order valence-electron chi connectivity index (χ3n) is 3.46. The molecule has 4 heteroatoms. The Morgan fingerprint density at radius 2 is 2.10 bits per heavy atom. The van der Waals surface area contributed by atoms with Crippen molar-refractivity contribution in [1.29, 1.82) is 0 Å². The Bertz CT molecular complexity index is 563. The topological polar surface area (TPSA) is 47.3 Å². The molecule has 1 N–H and O–H groups in total. The van der Waals surface area contributed by atoms with Gasteiger partial charge in [-0.25, -0.2) is 0 Å². The van der Waals surface area contributed by atoms with E-state index in [4.69, 9.17) is 4.74 Å². The predicted octanol–water partition coefficient (Wildman–Crippen LogP) is 2.75. The van der Waals surface area contributed by atoms with Crippen LogP contribution in [0.2, 0.25) is 0 Å². The molecular formula is C16H22N2O2. The third-order valence-corrected chi connectivity index (χ3v) is 3.46. The number of hydrogen-bond donors (Lipinski definition) is 1. The van der Waals surface area contributed by atoms with Gasteiger partial charge >= 0.3 is 0 Å². The summed E-state index contributed by atoms with van der Waals surface area (Å²) in [6, 6.07) is 9.64. The van der Waals surface area contributed by atoms with Gasteiger partial charge in [0.15, 0.2) is 0 Å². The molecule has 0 aliphatic carbocycles. The average molecular weight is 274 g/mol. The Labute approximate surface area is 120 Å². The van der Waals surface area contributed by atoms with Crippen molar-refractivity contribution < 1.29 is 9.84 Å². The van der Waals surface area contributed by atoms with Crippen molar-refractivity contribution in [3.8, 4) is 5.75 Å². The summed E-state index contributed by atoms with van der Waals surface area (Å²) in [5.74, 6) is 0.764. The number of ether oxygens (including phenoxy) is 1. The fourth-order valence-corrected chi connectivity index (χ4v) is 2.29. The first-order valence-electron chi connectivity index (χ1n) is 7.05. The van der Waals surface area contributed by atoms with Gasteiger partial charge in [0.2, 0.25) is 0 Å². The summed E-state index contributed by atoms with van der Waals surface area (Å²) in [4.78, 5) is 0. The highest BCUT2D eigenvalue weighted by molar-refractivity contribution is 5.30. The molecular weight excluding hydrogens is 252 g/mol. The Hall–Kier alpha value is -1.81. The number of benzene rings is 1. The Morgan fingerprint density at radius 3 is 2.75 bits per heavy atom. The second-order valence-corrected chi connectivity index (χ2v) is 4.79. The van der Waals surface area contributed by atoms with E-state index in [-0.39, 0.29) is 0 Å². The molecule has 1 atom stereocenters. The molecule has 0 spiro atoms. The van der Waals surface area contributed by atoms with Gasteiger partial charge in [-0.2, -0.15) is 5.10 Å². The van der Waals surface area contributed by atoms with Crippen LogP contribution in [0, 0.1) is 0 Å². The number of aliphatic hydroxyl groups is 1. The van der Waals surface area contributed by atoms with E-state index in [1.165, 1.54) is 0 Å². The molecule has 0 aliphatic rings. The predicted molar refractivity (Wildman–Crippen MR) is 78.9 cm³/mol. The van der Waals surface area contributed by atoms with E-state index >= 15 is 0 Å². The van der Waals surface area contributed by atoms with Gasteiger partial charge < -0.3 is 9.84 Å². The molecule has 1 aromatic carbocycles. The lowest BCUT2D eigenvalue weighted by atomic mass is 10.0. The lowest BCUT2D eigenvalue weighted by Crippen LogP contribution is -2.08. The van der Waals surface area contributed by atoms with Crippen LogP contribution in [0.4, 0.5) is 0 Å². The number of aromatic nitrogens is 2. The van der Waals surface area contributed by atoms with Crippen LogP contribution < -0.4 is 4.74 Å². The van der Waals surface area contributed by atoms with Gasteiger partial charge in [0.1, 0.15) is 5.75 Å². The summed E-state index contributed by atoms with van der Waals surface area (Å²) in [7, 11) is 1.63. The molecule has 2 rings (SSSR count). The van der Waals surface area contributed by atoms with Crippen molar-refractivity contribution in [2.75, 3.05) is 7.11 Å². The molecule has 0 saturated carbocycles. The standard InChI is InChI=1S/C16H22N2O2/c1-4-13-10-14(18(5-2)17-13)11-16(19)12-7-6-8-15(9-12)20-3/h6-10,16,19H,4-5,11H2,1-3H3. The number of hydrogen-bond acceptors (Lipinski definition) is 3. The molecule has 0 amide bonds. The summed E-state index contributed by atoms with van der Waals surface area (Å²) in [5.41, 5.74) is 3.01. The molecule has 1 unspecified atom stereocenters. The molecule has 20 heavy (non-hydrogen) atoms. The van der Waals surface area contributed by atoms with Crippen LogP contribution in [0.5, 0.6) is 5.75 Å². The number of nitrogens with zero attached hydrogens (tertiary/aromatic N) is 2. The molecule has 0 saturated heterocycles. The average Bonchev–Trinajstić information content (AvgIpc) is 2.89. The van der Waals surface area contributed by atoms with Gasteiger partial charge in [0.05, 0.1) is 18.9 Å². The number of aliphatic hydroxyl groups excluding tert-OH is 1. The quantitative estimate of drug-likeness (QED) is 0.881. The van der Waals surface area contributed by atoms with Crippen LogP contribution in [0.25, 0.3) is 0 Å². The Balaban J connectivity index is 2.18. The van der Waals surface area contributed by atoms with Crippen LogP contribution in [0.1, 0.15) is 36.9 Å². The maximum atomic E-state index is 10.4. The van der Waals surface area contributed by atoms with E-state index in [9.17, 15) is 5.11 Å². The number of rotatable bonds is 6. The normalized spacial score (nSPS) is 12.4. The van der Waals surface area contributed by atoms with Crippen molar-refractivity contribution in [1.82, 2.24) is 9.78 Å². The number of methoxy groups -OCH3 is 1. The lowest BCUT2D eigenvalue weighted by Gasteiger charge is -2.13. The minimum Gasteiger partial charge on any atom is -0.497 e. The van der Waals surface area contributed by atoms with Crippen LogP contribution in [0.15, 0.2) is 30.3 Å². The van der Waals surface area contributed by atoms with Gasteiger partial charge in [-0.05, 0) is 37.1 Å². The summed E-state index contributed by atoms with van der Waals surface area (Å²) in [6.45, 7) is 4.97. The maximum Gasteiger partial charge on any atom is 0.119 e. The molecule has 0 aliphatic heterocycles. The fourth-order valence-electron chi connectivity index (χ4n) is 2.29. The highest BCUT2D eigenvalue weighted by Crippen LogP contribution is 2.22. The largest absolute Gasteiger partial charge is 0.497 e. The smallest absolute Gasteiger partial charge is 0.119 e. The second kappa shape index (κ2) is 6.57. The Kier molecular flexibility index (Phi) is 4.79. The third kappa shape index (κ3) is 3.20. The summed E-state index contributed by atoms with van der Waals surface area (Å²) >= 11 is 0. The highest BCUT2D eigenvalue weighted by atomic mass is 16.5. The first-order chi connectivity index (χ1) is 9.67. The molecule has 2 aromatic rings. The van der Waals surface area contributed by atoms with Crippen LogP contribution in [-0.4, -0.2) is 22.0 Å². The van der Waals surface area contributed by atoms with Crippen LogP contribution in [0.3, 0.4) is 0 Å². The van der Waals surface area contributed by atoms with E-state index in [2.05, 4.69) is 25.0 Å². The van der Waals surface area contributed by atoms with Gasteiger partial charge in [-0.1, -0.05) is 19.1 Å². The van der Waals surface area contributed by atoms with Gasteiger partial charge in [0.25, 0.3) is 0 Å². The monoisotopic (exact) mass is 274 g/mol. The van der Waals surface area contributed by atoms with Gasteiger partial charge in [0, 0.05) is 18.7 Å². The van der Waals surface area contributed by atoms with Crippen molar-refractivity contribution in [2.24, 2.45) is 0 Å². The van der Waals surface area contributed by atoms with E-state index < -0.39 is 6.10 Å². The zero-order chi connectivity index (χ0) is 14.5. The van der Waals surface area contributed by atoms with Crippen LogP contribution >= 0.6 is 0 Å². The minimum atomic E-state index is -0.545. The summed E-state index contributed by atoms with van der Waals surface area (Å²) in [5, 5.41) is 14.9. The van der Waals surface area contributed by atoms with E-state index in [0.717, 1.165) is 35.7 Å². The lowest BCUT2D eigenvalue weighted by molar-refractivity contribution is 0.175. The van der Waals surface area contributed by atoms with Gasteiger partial charge in [-0.3, -0.25) is 4.68 Å². The fraction of sp³-hybridized carbons (Fsp3) is 0.438. The molecule has 0 fully saturated rings. The first kappa shape index (κ1) is 14.6. The first-order valence-corrected chi connectivity index (χ1v) is 7.05. The minimum absolute atomic E-state index is 0.545. The molecule has 4 nitrogen and oxygen atoms in total. The maximum absolute atomic E-state index is 10.4. The zero-order valence-corrected chi connectivity index (χ0v) is 12.3. The van der Waals surface area contributed by atoms with E-state index in [1.807, 2.05) is 28.9 Å². The molecule has 108 valence electrons. The summed E-state index contributed by atoms with van der Waals surface area (Å²) in [6.07, 6.45) is 0.931. The SMILES string of the molecule is CCc1cc(CC(O)c2cccc(OC)c2)n(CC)n1. The molecule has 0 radical (unpaired) electrons. The molecule has 0 bridgehead atoms. The van der Waals surface area contributed by atoms with Crippen LogP contribution in [-0.2, 0) is 19.4 Å². The van der Waals surface area contributed by atoms with Crippen molar-refractivity contribution in [3.63, 3.8) is 0 Å².